The highest BCUT2D eigenvalue weighted by molar-refractivity contribution is 7.99. The van der Waals surface area contributed by atoms with Crippen LogP contribution in [0.15, 0.2) is 40.3 Å². The average molecular weight is 454 g/mol. The second kappa shape index (κ2) is 14.5. The third-order valence-corrected chi connectivity index (χ3v) is 6.12. The van der Waals surface area contributed by atoms with Crippen molar-refractivity contribution in [2.75, 3.05) is 25.4 Å². The van der Waals surface area contributed by atoms with Crippen molar-refractivity contribution >= 4 is 24.2 Å². The first-order valence-electron chi connectivity index (χ1n) is 10.9. The smallest absolute Gasteiger partial charge is 0.265 e. The van der Waals surface area contributed by atoms with Gasteiger partial charge in [0.15, 0.2) is 5.16 Å². The minimum absolute atomic E-state index is 0. The molecule has 168 valence electrons. The number of thioether (sulfide) groups is 1. The molecule has 0 fully saturated rings. The highest BCUT2D eigenvalue weighted by Crippen LogP contribution is 2.23. The van der Waals surface area contributed by atoms with E-state index in [0.717, 1.165) is 50.3 Å². The molecule has 0 atom stereocenters. The summed E-state index contributed by atoms with van der Waals surface area (Å²) in [5.41, 5.74) is 1.07. The van der Waals surface area contributed by atoms with Crippen LogP contribution in [-0.2, 0) is 6.42 Å². The van der Waals surface area contributed by atoms with Gasteiger partial charge in [-0.3, -0.25) is 9.36 Å². The molecule has 0 bridgehead atoms. The van der Waals surface area contributed by atoms with Gasteiger partial charge in [-0.2, -0.15) is 4.98 Å². The number of unbranched alkanes of at least 4 members (excludes halogenated alkanes) is 4. The van der Waals surface area contributed by atoms with Gasteiger partial charge in [0.1, 0.15) is 0 Å². The van der Waals surface area contributed by atoms with E-state index in [-0.39, 0.29) is 23.8 Å². The molecule has 1 aromatic heterocycles. The standard InChI is InChI=1S/C23H35N3O2S.ClH/c1-4-7-8-9-13-16-20-21(27)24-23(29-18-17-25(5-2)6-3)26(22(20)28)19-14-11-10-12-15-19;/h10-12,14-15,27H,4-9,13,16-18H2,1-3H3;1H. The van der Waals surface area contributed by atoms with Gasteiger partial charge >= 0.3 is 0 Å². The molecule has 0 radical (unpaired) electrons. The van der Waals surface area contributed by atoms with Crippen molar-refractivity contribution < 1.29 is 5.11 Å². The van der Waals surface area contributed by atoms with Crippen molar-refractivity contribution in [3.63, 3.8) is 0 Å². The third kappa shape index (κ3) is 7.64. The molecule has 0 aliphatic carbocycles. The Balaban J connectivity index is 0.00000450. The third-order valence-electron chi connectivity index (χ3n) is 5.20. The van der Waals surface area contributed by atoms with Crippen LogP contribution in [0, 0.1) is 0 Å². The predicted octanol–water partition coefficient (Wildman–Crippen LogP) is 5.31. The summed E-state index contributed by atoms with van der Waals surface area (Å²) in [6.07, 6.45) is 6.09. The maximum Gasteiger partial charge on any atom is 0.265 e. The Morgan fingerprint density at radius 2 is 1.70 bits per heavy atom. The molecule has 1 heterocycles. The number of aromatic nitrogens is 2. The number of hydrogen-bond acceptors (Lipinski definition) is 5. The number of hydrogen-bond donors (Lipinski definition) is 1. The van der Waals surface area contributed by atoms with Crippen LogP contribution in [-0.4, -0.2) is 44.9 Å². The van der Waals surface area contributed by atoms with Crippen LogP contribution in [0.4, 0.5) is 0 Å². The Hall–Kier alpha value is -1.50. The van der Waals surface area contributed by atoms with Gasteiger partial charge in [0.2, 0.25) is 5.88 Å². The molecule has 2 rings (SSSR count). The van der Waals surface area contributed by atoms with E-state index in [4.69, 9.17) is 0 Å². The molecule has 0 amide bonds. The molecule has 30 heavy (non-hydrogen) atoms. The summed E-state index contributed by atoms with van der Waals surface area (Å²) < 4.78 is 1.66. The Bertz CT molecular complexity index is 795. The quantitative estimate of drug-likeness (QED) is 0.253. The largest absolute Gasteiger partial charge is 0.493 e. The summed E-state index contributed by atoms with van der Waals surface area (Å²) in [6.45, 7) is 9.39. The molecule has 5 nitrogen and oxygen atoms in total. The minimum Gasteiger partial charge on any atom is -0.493 e. The fraction of sp³-hybridized carbons (Fsp3) is 0.565. The highest BCUT2D eigenvalue weighted by Gasteiger charge is 2.18. The van der Waals surface area contributed by atoms with Gasteiger partial charge in [0.05, 0.1) is 11.3 Å². The molecule has 2 aromatic rings. The fourth-order valence-corrected chi connectivity index (χ4v) is 4.36. The minimum atomic E-state index is -0.149. The van der Waals surface area contributed by atoms with Crippen molar-refractivity contribution in [1.82, 2.24) is 14.5 Å². The molecule has 0 spiro atoms. The molecule has 7 heteroatoms. The normalized spacial score (nSPS) is 10.9. The molecule has 1 N–H and O–H groups in total. The zero-order valence-corrected chi connectivity index (χ0v) is 20.1. The van der Waals surface area contributed by atoms with E-state index in [0.29, 0.717) is 17.1 Å². The molecular formula is C23H36ClN3O2S. The number of nitrogens with zero attached hydrogens (tertiary/aromatic N) is 3. The summed E-state index contributed by atoms with van der Waals surface area (Å²) in [5, 5.41) is 11.1. The first kappa shape index (κ1) is 26.5. The van der Waals surface area contributed by atoms with Crippen LogP contribution < -0.4 is 5.56 Å². The van der Waals surface area contributed by atoms with E-state index in [2.05, 4.69) is 30.7 Å². The van der Waals surface area contributed by atoms with Gasteiger partial charge in [-0.1, -0.05) is 76.4 Å². The van der Waals surface area contributed by atoms with Gasteiger partial charge in [-0.15, -0.1) is 12.4 Å². The second-order valence-corrected chi connectivity index (χ2v) is 8.27. The van der Waals surface area contributed by atoms with Gasteiger partial charge in [0, 0.05) is 12.3 Å². The zero-order valence-electron chi connectivity index (χ0n) is 18.5. The topological polar surface area (TPSA) is 58.4 Å². The van der Waals surface area contributed by atoms with E-state index in [9.17, 15) is 9.90 Å². The summed E-state index contributed by atoms with van der Waals surface area (Å²) in [7, 11) is 0. The Labute approximate surface area is 191 Å². The molecule has 0 aliphatic rings. The molecular weight excluding hydrogens is 418 g/mol. The molecule has 0 unspecified atom stereocenters. The first-order valence-corrected chi connectivity index (χ1v) is 11.9. The van der Waals surface area contributed by atoms with E-state index in [1.54, 1.807) is 4.57 Å². The highest BCUT2D eigenvalue weighted by atomic mass is 35.5. The predicted molar refractivity (Wildman–Crippen MR) is 130 cm³/mol. The summed E-state index contributed by atoms with van der Waals surface area (Å²) in [4.78, 5) is 20.1. The van der Waals surface area contributed by atoms with Gasteiger partial charge in [0.25, 0.3) is 5.56 Å². The summed E-state index contributed by atoms with van der Waals surface area (Å²) >= 11 is 1.52. The van der Waals surface area contributed by atoms with E-state index < -0.39 is 0 Å². The van der Waals surface area contributed by atoms with Crippen LogP contribution in [0.1, 0.15) is 58.4 Å². The lowest BCUT2D eigenvalue weighted by Gasteiger charge is -2.18. The van der Waals surface area contributed by atoms with Crippen LogP contribution in [0.5, 0.6) is 5.88 Å². The van der Waals surface area contributed by atoms with Crippen LogP contribution in [0.3, 0.4) is 0 Å². The van der Waals surface area contributed by atoms with Crippen molar-refractivity contribution in [3.05, 3.63) is 46.2 Å². The van der Waals surface area contributed by atoms with Crippen LogP contribution in [0.2, 0.25) is 0 Å². The van der Waals surface area contributed by atoms with Gasteiger partial charge in [-0.05, 0) is 38.1 Å². The molecule has 1 aromatic carbocycles. The Morgan fingerprint density at radius 1 is 1.03 bits per heavy atom. The van der Waals surface area contributed by atoms with Crippen molar-refractivity contribution in [3.8, 4) is 11.6 Å². The summed E-state index contributed by atoms with van der Waals surface area (Å²) in [6, 6.07) is 9.61. The van der Waals surface area contributed by atoms with Crippen molar-refractivity contribution in [2.45, 2.75) is 64.5 Å². The number of aromatic hydroxyl groups is 1. The lowest BCUT2D eigenvalue weighted by molar-refractivity contribution is 0.323. The number of benzene rings is 1. The lowest BCUT2D eigenvalue weighted by Crippen LogP contribution is -2.27. The monoisotopic (exact) mass is 453 g/mol. The van der Waals surface area contributed by atoms with Crippen LogP contribution in [0.25, 0.3) is 5.69 Å². The van der Waals surface area contributed by atoms with E-state index in [1.807, 2.05) is 30.3 Å². The Kier molecular flexibility index (Phi) is 12.8. The Morgan fingerprint density at radius 3 is 2.33 bits per heavy atom. The summed E-state index contributed by atoms with van der Waals surface area (Å²) in [5.74, 6) is 0.708. The van der Waals surface area contributed by atoms with Crippen molar-refractivity contribution in [2.24, 2.45) is 0 Å². The second-order valence-electron chi connectivity index (χ2n) is 7.21. The first-order chi connectivity index (χ1) is 14.1. The number of para-hydroxylation sites is 1. The zero-order chi connectivity index (χ0) is 21.1. The number of halogens is 1. The average Bonchev–Trinajstić information content (AvgIpc) is 2.73. The maximum absolute atomic E-state index is 13.3. The van der Waals surface area contributed by atoms with E-state index >= 15 is 0 Å². The molecule has 0 saturated heterocycles. The maximum atomic E-state index is 13.3. The van der Waals surface area contributed by atoms with E-state index in [1.165, 1.54) is 24.6 Å². The SMILES string of the molecule is CCCCCCCc1c(O)nc(SCCN(CC)CC)n(-c2ccccc2)c1=O.Cl. The number of rotatable bonds is 13. The van der Waals surface area contributed by atoms with Gasteiger partial charge in [-0.25, -0.2) is 0 Å². The van der Waals surface area contributed by atoms with Crippen molar-refractivity contribution in [1.29, 1.82) is 0 Å². The van der Waals surface area contributed by atoms with Crippen LogP contribution >= 0.6 is 24.2 Å². The fourth-order valence-electron chi connectivity index (χ4n) is 3.36. The lowest BCUT2D eigenvalue weighted by atomic mass is 10.1. The van der Waals surface area contributed by atoms with Gasteiger partial charge < -0.3 is 10.0 Å². The molecule has 0 aliphatic heterocycles. The molecule has 0 saturated carbocycles.